The minimum atomic E-state index is -0.512. The molecular weight excluding hydrogens is 476 g/mol. The van der Waals surface area contributed by atoms with Gasteiger partial charge in [0.05, 0.1) is 20.1 Å². The summed E-state index contributed by atoms with van der Waals surface area (Å²) in [5.41, 5.74) is 4.27. The standard InChI is InChI=1S/C32H28N2O4/c1-20(26-10-7-22-16-25(38-3)9-12-28(22)31(26)19-35)32(36)34-17-23-8-11-27(29-13-14-33-18-30(23)29)21-5-4-6-24(15-21)37-2/h4-16,18-20H,17H2,1-3H3,(H,34,36)/t20-/m1/s1. The quantitative estimate of drug-likeness (QED) is 0.251. The molecule has 5 rings (SSSR count). The number of aldehydes is 1. The number of methoxy groups -OCH3 is 2. The van der Waals surface area contributed by atoms with E-state index in [0.717, 1.165) is 50.3 Å². The van der Waals surface area contributed by atoms with E-state index in [2.05, 4.69) is 16.4 Å². The number of fused-ring (bicyclic) bond motifs is 2. The summed E-state index contributed by atoms with van der Waals surface area (Å²) in [6.45, 7) is 2.16. The van der Waals surface area contributed by atoms with Gasteiger partial charge in [0.15, 0.2) is 6.29 Å². The van der Waals surface area contributed by atoms with E-state index in [1.54, 1.807) is 20.4 Å². The van der Waals surface area contributed by atoms with Crippen molar-refractivity contribution in [2.24, 2.45) is 0 Å². The van der Waals surface area contributed by atoms with E-state index >= 15 is 0 Å². The number of hydrogen-bond donors (Lipinski definition) is 1. The molecule has 1 aromatic heterocycles. The second-order valence-corrected chi connectivity index (χ2v) is 9.14. The average molecular weight is 505 g/mol. The summed E-state index contributed by atoms with van der Waals surface area (Å²) in [6, 6.07) is 23.3. The Morgan fingerprint density at radius 3 is 2.53 bits per heavy atom. The first kappa shape index (κ1) is 25.0. The normalized spacial score (nSPS) is 11.8. The first-order valence-corrected chi connectivity index (χ1v) is 12.4. The first-order chi connectivity index (χ1) is 18.5. The van der Waals surface area contributed by atoms with E-state index in [1.165, 1.54) is 0 Å². The molecule has 0 aliphatic heterocycles. The maximum atomic E-state index is 13.2. The molecule has 0 saturated heterocycles. The summed E-state index contributed by atoms with van der Waals surface area (Å²) >= 11 is 0. The topological polar surface area (TPSA) is 77.5 Å². The summed E-state index contributed by atoms with van der Waals surface area (Å²) in [5.74, 6) is 0.835. The van der Waals surface area contributed by atoms with Gasteiger partial charge in [0.1, 0.15) is 11.5 Å². The number of carbonyl (C=O) groups excluding carboxylic acids is 2. The van der Waals surface area contributed by atoms with E-state index in [1.807, 2.05) is 79.9 Å². The molecule has 0 saturated carbocycles. The van der Waals surface area contributed by atoms with Gasteiger partial charge < -0.3 is 14.8 Å². The van der Waals surface area contributed by atoms with Gasteiger partial charge >= 0.3 is 0 Å². The molecule has 0 unspecified atom stereocenters. The van der Waals surface area contributed by atoms with Gasteiger partial charge in [0.2, 0.25) is 5.91 Å². The van der Waals surface area contributed by atoms with Crippen molar-refractivity contribution in [3.63, 3.8) is 0 Å². The predicted octanol–water partition coefficient (Wildman–Crippen LogP) is 6.30. The Bertz CT molecular complexity index is 1660. The van der Waals surface area contributed by atoms with E-state index in [0.29, 0.717) is 23.4 Å². The molecule has 6 heteroatoms. The molecule has 38 heavy (non-hydrogen) atoms. The highest BCUT2D eigenvalue weighted by Crippen LogP contribution is 2.33. The maximum absolute atomic E-state index is 13.2. The van der Waals surface area contributed by atoms with E-state index < -0.39 is 5.92 Å². The third kappa shape index (κ3) is 4.68. The summed E-state index contributed by atoms with van der Waals surface area (Å²) in [6.07, 6.45) is 4.42. The van der Waals surface area contributed by atoms with Crippen molar-refractivity contribution in [2.45, 2.75) is 19.4 Å². The van der Waals surface area contributed by atoms with Crippen LogP contribution in [-0.4, -0.2) is 31.4 Å². The van der Waals surface area contributed by atoms with Gasteiger partial charge in [-0.15, -0.1) is 0 Å². The number of amides is 1. The van der Waals surface area contributed by atoms with Crippen molar-refractivity contribution in [1.29, 1.82) is 0 Å². The number of nitrogens with one attached hydrogen (secondary N) is 1. The number of pyridine rings is 1. The Morgan fingerprint density at radius 2 is 1.74 bits per heavy atom. The largest absolute Gasteiger partial charge is 0.497 e. The highest BCUT2D eigenvalue weighted by molar-refractivity contribution is 6.02. The van der Waals surface area contributed by atoms with Crippen molar-refractivity contribution in [3.8, 4) is 22.6 Å². The van der Waals surface area contributed by atoms with Crippen LogP contribution in [0, 0.1) is 0 Å². The molecule has 0 spiro atoms. The average Bonchev–Trinajstić information content (AvgIpc) is 2.98. The molecule has 0 radical (unpaired) electrons. The van der Waals surface area contributed by atoms with Crippen molar-refractivity contribution in [1.82, 2.24) is 10.3 Å². The molecule has 0 aliphatic carbocycles. The van der Waals surface area contributed by atoms with Crippen LogP contribution in [-0.2, 0) is 11.3 Å². The maximum Gasteiger partial charge on any atom is 0.227 e. The fourth-order valence-corrected chi connectivity index (χ4v) is 4.91. The lowest BCUT2D eigenvalue weighted by Gasteiger charge is -2.17. The van der Waals surface area contributed by atoms with Gasteiger partial charge in [-0.2, -0.15) is 0 Å². The zero-order valence-electron chi connectivity index (χ0n) is 21.5. The van der Waals surface area contributed by atoms with Gasteiger partial charge in [0, 0.05) is 29.9 Å². The predicted molar refractivity (Wildman–Crippen MR) is 150 cm³/mol. The Hall–Kier alpha value is -4.71. The van der Waals surface area contributed by atoms with E-state index in [-0.39, 0.29) is 5.91 Å². The van der Waals surface area contributed by atoms with Crippen molar-refractivity contribution < 1.29 is 19.1 Å². The molecule has 4 aromatic carbocycles. The van der Waals surface area contributed by atoms with Crippen LogP contribution in [0.3, 0.4) is 0 Å². The Kier molecular flexibility index (Phi) is 7.05. The molecule has 0 aliphatic rings. The van der Waals surface area contributed by atoms with Crippen LogP contribution in [0.4, 0.5) is 0 Å². The second-order valence-electron chi connectivity index (χ2n) is 9.14. The molecule has 5 aromatic rings. The van der Waals surface area contributed by atoms with Crippen LogP contribution in [0.5, 0.6) is 11.5 Å². The summed E-state index contributed by atoms with van der Waals surface area (Å²) in [4.78, 5) is 29.6. The molecule has 1 amide bonds. The van der Waals surface area contributed by atoms with Gasteiger partial charge in [-0.25, -0.2) is 0 Å². The SMILES string of the molecule is COc1cccc(-c2ccc(CNC(=O)[C@H](C)c3ccc4cc(OC)ccc4c3C=O)c3cnccc23)c1. The first-order valence-electron chi connectivity index (χ1n) is 12.4. The molecule has 1 N–H and O–H groups in total. The zero-order valence-corrected chi connectivity index (χ0v) is 21.5. The highest BCUT2D eigenvalue weighted by Gasteiger charge is 2.20. The molecular formula is C32H28N2O4. The van der Waals surface area contributed by atoms with Crippen molar-refractivity contribution in [2.75, 3.05) is 14.2 Å². The van der Waals surface area contributed by atoms with Crippen LogP contribution >= 0.6 is 0 Å². The summed E-state index contributed by atoms with van der Waals surface area (Å²) < 4.78 is 10.7. The van der Waals surface area contributed by atoms with Crippen molar-refractivity contribution >= 4 is 33.7 Å². The number of nitrogens with zero attached hydrogens (tertiary/aromatic N) is 1. The summed E-state index contributed by atoms with van der Waals surface area (Å²) in [5, 5.41) is 6.75. The smallest absolute Gasteiger partial charge is 0.227 e. The number of benzene rings is 4. The number of hydrogen-bond acceptors (Lipinski definition) is 5. The van der Waals surface area contributed by atoms with Crippen LogP contribution < -0.4 is 14.8 Å². The van der Waals surface area contributed by atoms with Gasteiger partial charge in [-0.05, 0) is 81.7 Å². The Balaban J connectivity index is 1.41. The minimum absolute atomic E-state index is 0.158. The van der Waals surface area contributed by atoms with Crippen LogP contribution in [0.2, 0.25) is 0 Å². The highest BCUT2D eigenvalue weighted by atomic mass is 16.5. The van der Waals surface area contributed by atoms with Gasteiger partial charge in [-0.1, -0.05) is 36.4 Å². The summed E-state index contributed by atoms with van der Waals surface area (Å²) in [7, 11) is 3.26. The number of ether oxygens (including phenoxy) is 2. The molecule has 1 atom stereocenters. The monoisotopic (exact) mass is 504 g/mol. The van der Waals surface area contributed by atoms with Gasteiger partial charge in [0.25, 0.3) is 0 Å². The second kappa shape index (κ2) is 10.7. The number of aromatic nitrogens is 1. The lowest BCUT2D eigenvalue weighted by Crippen LogP contribution is -2.28. The molecule has 1 heterocycles. The third-order valence-corrected chi connectivity index (χ3v) is 7.02. The Labute approximate surface area is 221 Å². The fraction of sp³-hybridized carbons (Fsp3) is 0.156. The lowest BCUT2D eigenvalue weighted by molar-refractivity contribution is -0.122. The number of rotatable bonds is 8. The van der Waals surface area contributed by atoms with E-state index in [9.17, 15) is 9.59 Å². The lowest BCUT2D eigenvalue weighted by atomic mass is 9.91. The fourth-order valence-electron chi connectivity index (χ4n) is 4.91. The number of carbonyl (C=O) groups is 2. The molecule has 0 bridgehead atoms. The zero-order chi connectivity index (χ0) is 26.6. The van der Waals surface area contributed by atoms with Crippen LogP contribution in [0.25, 0.3) is 32.7 Å². The molecule has 0 fully saturated rings. The van der Waals surface area contributed by atoms with Crippen molar-refractivity contribution in [3.05, 3.63) is 102 Å². The molecule has 190 valence electrons. The minimum Gasteiger partial charge on any atom is -0.497 e. The Morgan fingerprint density at radius 1 is 0.921 bits per heavy atom. The third-order valence-electron chi connectivity index (χ3n) is 7.02. The van der Waals surface area contributed by atoms with Gasteiger partial charge in [-0.3, -0.25) is 14.6 Å². The van der Waals surface area contributed by atoms with E-state index in [4.69, 9.17) is 9.47 Å². The molecule has 6 nitrogen and oxygen atoms in total. The van der Waals surface area contributed by atoms with Crippen LogP contribution in [0.15, 0.2) is 85.2 Å². The van der Waals surface area contributed by atoms with Crippen LogP contribution in [0.1, 0.15) is 34.3 Å².